The first-order valence-electron chi connectivity index (χ1n) is 16.5. The monoisotopic (exact) mass is 588 g/mol. The van der Waals surface area contributed by atoms with Gasteiger partial charge >= 0.3 is 11.9 Å². The van der Waals surface area contributed by atoms with Crippen LogP contribution in [0.15, 0.2) is 60.8 Å². The van der Waals surface area contributed by atoms with Crippen molar-refractivity contribution in [3.63, 3.8) is 0 Å². The van der Waals surface area contributed by atoms with Crippen LogP contribution in [0.1, 0.15) is 129 Å². The average Bonchev–Trinajstić information content (AvgIpc) is 2.99. The number of hydrogen-bond donors (Lipinski definition) is 2. The van der Waals surface area contributed by atoms with Crippen molar-refractivity contribution in [1.82, 2.24) is 0 Å². The number of rotatable bonds is 28. The highest BCUT2D eigenvalue weighted by Crippen LogP contribution is 2.12. The summed E-state index contributed by atoms with van der Waals surface area (Å²) in [5.74, 6) is -0.691. The van der Waals surface area contributed by atoms with Gasteiger partial charge in [0.25, 0.3) is 0 Å². The normalized spacial score (nSPS) is 13.7. The fraction of sp³-hybridized carbons (Fsp3) is 0.667. The highest BCUT2D eigenvalue weighted by Gasteiger charge is 2.16. The number of carbonyl (C=O) groups is 2. The van der Waals surface area contributed by atoms with Crippen molar-refractivity contribution < 1.29 is 29.3 Å². The number of ether oxygens (including phenoxy) is 2. The summed E-state index contributed by atoms with van der Waals surface area (Å²) in [5, 5.41) is 19.2. The third kappa shape index (κ3) is 29.1. The first-order valence-corrected chi connectivity index (χ1v) is 16.5. The molecule has 0 radical (unpaired) electrons. The minimum Gasteiger partial charge on any atom is -0.462 e. The molecule has 0 aromatic carbocycles. The van der Waals surface area contributed by atoms with Gasteiger partial charge in [-0.05, 0) is 44.9 Å². The Bertz CT molecular complexity index is 780. The molecule has 0 amide bonds. The maximum Gasteiger partial charge on any atom is 0.306 e. The third-order valence-electron chi connectivity index (χ3n) is 6.65. The fourth-order valence-electron chi connectivity index (χ4n) is 4.14. The first kappa shape index (κ1) is 39.6. The van der Waals surface area contributed by atoms with Crippen LogP contribution in [0.3, 0.4) is 0 Å². The van der Waals surface area contributed by atoms with Crippen LogP contribution in [0.4, 0.5) is 0 Å². The zero-order valence-electron chi connectivity index (χ0n) is 26.6. The lowest BCUT2D eigenvalue weighted by molar-refractivity contribution is -0.161. The summed E-state index contributed by atoms with van der Waals surface area (Å²) < 4.78 is 10.5. The molecular formula is C36H60O6. The molecule has 0 bridgehead atoms. The van der Waals surface area contributed by atoms with Crippen LogP contribution >= 0.6 is 0 Å². The minimum absolute atomic E-state index is 0.109. The van der Waals surface area contributed by atoms with E-state index in [4.69, 9.17) is 9.47 Å². The maximum absolute atomic E-state index is 12.0. The van der Waals surface area contributed by atoms with Gasteiger partial charge in [-0.25, -0.2) is 0 Å². The van der Waals surface area contributed by atoms with E-state index in [-0.39, 0.29) is 31.6 Å². The van der Waals surface area contributed by atoms with Crippen molar-refractivity contribution in [1.29, 1.82) is 0 Å². The smallest absolute Gasteiger partial charge is 0.306 e. The average molecular weight is 589 g/mol. The van der Waals surface area contributed by atoms with E-state index in [0.717, 1.165) is 44.9 Å². The lowest BCUT2D eigenvalue weighted by Crippen LogP contribution is -2.28. The molecule has 0 heterocycles. The predicted molar refractivity (Wildman–Crippen MR) is 174 cm³/mol. The lowest BCUT2D eigenvalue weighted by atomic mass is 10.1. The van der Waals surface area contributed by atoms with Gasteiger partial charge in [-0.2, -0.15) is 0 Å². The summed E-state index contributed by atoms with van der Waals surface area (Å²) in [6.45, 7) is 3.81. The van der Waals surface area contributed by atoms with Crippen LogP contribution < -0.4 is 0 Å². The van der Waals surface area contributed by atoms with Crippen molar-refractivity contribution in [2.75, 3.05) is 13.2 Å². The molecule has 0 saturated carbocycles. The molecule has 0 aromatic rings. The molecule has 6 nitrogen and oxygen atoms in total. The summed E-state index contributed by atoms with van der Waals surface area (Å²) >= 11 is 0. The van der Waals surface area contributed by atoms with Gasteiger partial charge in [0.1, 0.15) is 6.61 Å². The molecule has 0 rings (SSSR count). The van der Waals surface area contributed by atoms with Gasteiger partial charge in [0.05, 0.1) is 12.7 Å². The molecule has 0 aliphatic heterocycles. The molecule has 240 valence electrons. The summed E-state index contributed by atoms with van der Waals surface area (Å²) in [7, 11) is 0. The highest BCUT2D eigenvalue weighted by molar-refractivity contribution is 5.70. The number of aliphatic hydroxyl groups excluding tert-OH is 2. The summed E-state index contributed by atoms with van der Waals surface area (Å²) in [5.41, 5.74) is 0. The number of unbranched alkanes of at least 4 members (excludes halogenated alkanes) is 10. The molecule has 0 fully saturated rings. The van der Waals surface area contributed by atoms with Crippen molar-refractivity contribution in [3.8, 4) is 0 Å². The van der Waals surface area contributed by atoms with Crippen LogP contribution in [-0.4, -0.2) is 47.6 Å². The summed E-state index contributed by atoms with van der Waals surface area (Å²) in [6, 6.07) is 0. The van der Waals surface area contributed by atoms with Crippen molar-refractivity contribution in [3.05, 3.63) is 60.8 Å². The molecular weight excluding hydrogens is 528 g/mol. The lowest BCUT2D eigenvalue weighted by Gasteiger charge is -2.15. The Kier molecular flexibility index (Phi) is 29.7. The maximum atomic E-state index is 12.0. The second-order valence-corrected chi connectivity index (χ2v) is 10.7. The molecule has 0 spiro atoms. The predicted octanol–water partition coefficient (Wildman–Crippen LogP) is 8.64. The van der Waals surface area contributed by atoms with E-state index in [2.05, 4.69) is 37.3 Å². The molecule has 0 aromatic heterocycles. The van der Waals surface area contributed by atoms with E-state index in [1.165, 1.54) is 44.9 Å². The van der Waals surface area contributed by atoms with Crippen LogP contribution in [0.2, 0.25) is 0 Å². The summed E-state index contributed by atoms with van der Waals surface area (Å²) in [6.07, 6.45) is 36.2. The number of allylic oxidation sites excluding steroid dienone is 8. The van der Waals surface area contributed by atoms with Crippen LogP contribution in [0, 0.1) is 0 Å². The van der Waals surface area contributed by atoms with Gasteiger partial charge in [0.2, 0.25) is 0 Å². The van der Waals surface area contributed by atoms with Crippen molar-refractivity contribution >= 4 is 11.9 Å². The van der Waals surface area contributed by atoms with Gasteiger partial charge < -0.3 is 19.7 Å². The Labute approximate surface area is 256 Å². The number of aliphatic hydroxyl groups is 2. The molecule has 0 aliphatic carbocycles. The molecule has 6 heteroatoms. The number of carbonyl (C=O) groups excluding carboxylic acids is 2. The van der Waals surface area contributed by atoms with Gasteiger partial charge in [0.15, 0.2) is 6.10 Å². The Morgan fingerprint density at radius 1 is 0.690 bits per heavy atom. The van der Waals surface area contributed by atoms with Crippen LogP contribution in [0.25, 0.3) is 0 Å². The van der Waals surface area contributed by atoms with E-state index in [1.54, 1.807) is 0 Å². The Morgan fingerprint density at radius 3 is 1.95 bits per heavy atom. The van der Waals surface area contributed by atoms with Crippen LogP contribution in [0.5, 0.6) is 0 Å². The standard InChI is InChI=1S/C36H60O6/c1-3-5-7-8-9-10-16-20-23-26-30-36(40)42-34(31-37)32-41-35(39)29-25-22-19-17-14-12-11-13-15-18-21-24-28-33(38)27-6-4-2/h6,11-12,15,17-19,21,24,27,33-34,37-38H,3-5,7-10,13-14,16,20,22-23,25-26,28-32H2,1-2H3/b12-11-,18-15-,19-17-,24-21+,27-6-/t33?,34-/m0/s1. The van der Waals surface area contributed by atoms with Gasteiger partial charge in [-0.1, -0.05) is 132 Å². The van der Waals surface area contributed by atoms with Crippen LogP contribution in [-0.2, 0) is 19.1 Å². The zero-order chi connectivity index (χ0) is 30.9. The van der Waals surface area contributed by atoms with Gasteiger partial charge in [0, 0.05) is 12.8 Å². The largest absolute Gasteiger partial charge is 0.462 e. The fourth-order valence-corrected chi connectivity index (χ4v) is 4.14. The number of hydrogen-bond acceptors (Lipinski definition) is 6. The van der Waals surface area contributed by atoms with E-state index >= 15 is 0 Å². The zero-order valence-corrected chi connectivity index (χ0v) is 26.6. The van der Waals surface area contributed by atoms with Crippen molar-refractivity contribution in [2.24, 2.45) is 0 Å². The summed E-state index contributed by atoms with van der Waals surface area (Å²) in [4.78, 5) is 24.0. The number of esters is 2. The molecule has 42 heavy (non-hydrogen) atoms. The van der Waals surface area contributed by atoms with E-state index in [1.807, 2.05) is 37.3 Å². The molecule has 2 atom stereocenters. The third-order valence-corrected chi connectivity index (χ3v) is 6.65. The quantitative estimate of drug-likeness (QED) is 0.0411. The minimum atomic E-state index is -0.803. The van der Waals surface area contributed by atoms with E-state index in [0.29, 0.717) is 19.3 Å². The van der Waals surface area contributed by atoms with Crippen molar-refractivity contribution in [2.45, 2.75) is 142 Å². The Hall–Kier alpha value is -2.44. The molecule has 1 unspecified atom stereocenters. The Balaban J connectivity index is 3.78. The second-order valence-electron chi connectivity index (χ2n) is 10.7. The SMILES string of the molecule is CC/C=C\C(O)C/C=C/C=C\C/C=C\C/C=C\CCCC(=O)OC[C@H](CO)OC(=O)CCCCCCCCCCCC. The second kappa shape index (κ2) is 31.5. The first-order chi connectivity index (χ1) is 20.5. The van der Waals surface area contributed by atoms with Gasteiger partial charge in [-0.15, -0.1) is 0 Å². The topological polar surface area (TPSA) is 93.1 Å². The van der Waals surface area contributed by atoms with E-state index < -0.39 is 12.2 Å². The Morgan fingerprint density at radius 2 is 1.29 bits per heavy atom. The molecule has 0 aliphatic rings. The molecule has 0 saturated heterocycles. The highest BCUT2D eigenvalue weighted by atomic mass is 16.6. The van der Waals surface area contributed by atoms with Gasteiger partial charge in [-0.3, -0.25) is 9.59 Å². The molecule has 2 N–H and O–H groups in total. The van der Waals surface area contributed by atoms with E-state index in [9.17, 15) is 19.8 Å².